The number of hydrogen-bond acceptors (Lipinski definition) is 9. The number of likely N-dealkylation sites (tertiary alicyclic amines) is 1. The number of nitrogens with zero attached hydrogens (tertiary/aromatic N) is 2. The highest BCUT2D eigenvalue weighted by Crippen LogP contribution is 2.38. The van der Waals surface area contributed by atoms with E-state index in [4.69, 9.17) is 46.6 Å². The van der Waals surface area contributed by atoms with Gasteiger partial charge in [0.05, 0.1) is 30.3 Å². The van der Waals surface area contributed by atoms with Gasteiger partial charge in [-0.05, 0) is 74.4 Å². The van der Waals surface area contributed by atoms with Crippen LogP contribution in [0.15, 0.2) is 41.1 Å². The highest BCUT2D eigenvalue weighted by molar-refractivity contribution is 6.35. The lowest BCUT2D eigenvalue weighted by atomic mass is 10.0. The summed E-state index contributed by atoms with van der Waals surface area (Å²) >= 11 is 12.8. The maximum absolute atomic E-state index is 13.7. The predicted octanol–water partition coefficient (Wildman–Crippen LogP) is 6.96. The van der Waals surface area contributed by atoms with Crippen molar-refractivity contribution in [1.29, 1.82) is 0 Å². The molecule has 1 unspecified atom stereocenters. The summed E-state index contributed by atoms with van der Waals surface area (Å²) in [6.45, 7) is -0.119. The van der Waals surface area contributed by atoms with E-state index in [9.17, 15) is 18.4 Å². The minimum absolute atomic E-state index is 0.0929. The number of carbonyl (C=O) groups is 2. The number of furan rings is 1. The van der Waals surface area contributed by atoms with Crippen LogP contribution in [0.2, 0.25) is 10.0 Å². The average Bonchev–Trinajstić information content (AvgIpc) is 3.58. The van der Waals surface area contributed by atoms with Gasteiger partial charge in [-0.1, -0.05) is 29.3 Å². The van der Waals surface area contributed by atoms with Crippen molar-refractivity contribution in [2.45, 2.75) is 64.3 Å². The Hall–Kier alpha value is -3.41. The van der Waals surface area contributed by atoms with Gasteiger partial charge in [-0.2, -0.15) is 8.78 Å². The second-order valence-electron chi connectivity index (χ2n) is 10.9. The number of carbonyl (C=O) groups excluding carboxylic acids is 2. The van der Waals surface area contributed by atoms with Crippen molar-refractivity contribution in [2.24, 2.45) is 5.92 Å². The van der Waals surface area contributed by atoms with E-state index in [0.29, 0.717) is 63.7 Å². The molecule has 2 aromatic heterocycles. The normalized spacial score (nSPS) is 17.5. The molecule has 0 bridgehead atoms. The first-order valence-electron chi connectivity index (χ1n) is 14.2. The molecule has 1 saturated carbocycles. The Kier molecular flexibility index (Phi) is 10.3. The Labute approximate surface area is 263 Å². The van der Waals surface area contributed by atoms with Gasteiger partial charge in [0.25, 0.3) is 0 Å². The third kappa shape index (κ3) is 7.80. The number of benzene rings is 1. The third-order valence-corrected chi connectivity index (χ3v) is 8.35. The Bertz CT molecular complexity index is 1480. The number of pyridine rings is 1. The van der Waals surface area contributed by atoms with Crippen molar-refractivity contribution in [3.8, 4) is 11.5 Å². The SMILES string of the molecule is COC(=O)c1cc(CN2CCCC2C(=O)O[C@@H](Cc2c(Cl)cncc2Cl)c2ccc(OC(F)F)c(OCC3CC3)c2)oc1C. The van der Waals surface area contributed by atoms with Crippen molar-refractivity contribution < 1.29 is 41.7 Å². The molecular weight excluding hydrogens is 621 g/mol. The zero-order valence-electron chi connectivity index (χ0n) is 24.2. The summed E-state index contributed by atoms with van der Waals surface area (Å²) in [6.07, 6.45) is 5.37. The Morgan fingerprint density at radius 2 is 1.86 bits per heavy atom. The summed E-state index contributed by atoms with van der Waals surface area (Å²) in [6, 6.07) is 5.49. The number of aromatic nitrogens is 1. The van der Waals surface area contributed by atoms with Crippen molar-refractivity contribution >= 4 is 35.1 Å². The molecule has 2 fully saturated rings. The molecule has 1 aliphatic carbocycles. The molecule has 1 saturated heterocycles. The fourth-order valence-corrected chi connectivity index (χ4v) is 5.72. The Balaban J connectivity index is 1.40. The number of ether oxygens (including phenoxy) is 4. The maximum Gasteiger partial charge on any atom is 0.387 e. The fourth-order valence-electron chi connectivity index (χ4n) is 5.20. The summed E-state index contributed by atoms with van der Waals surface area (Å²) in [7, 11) is 1.30. The molecule has 236 valence electrons. The molecule has 1 aromatic carbocycles. The van der Waals surface area contributed by atoms with Crippen molar-refractivity contribution in [1.82, 2.24) is 9.88 Å². The number of methoxy groups -OCH3 is 1. The second-order valence-corrected chi connectivity index (χ2v) is 11.7. The van der Waals surface area contributed by atoms with Crippen LogP contribution in [-0.4, -0.2) is 54.7 Å². The fraction of sp³-hybridized carbons (Fsp3) is 0.452. The minimum atomic E-state index is -3.04. The number of halogens is 4. The number of alkyl halides is 2. The predicted molar refractivity (Wildman–Crippen MR) is 156 cm³/mol. The average molecular weight is 654 g/mol. The topological polar surface area (TPSA) is 100 Å². The van der Waals surface area contributed by atoms with Crippen LogP contribution in [0.25, 0.3) is 0 Å². The van der Waals surface area contributed by atoms with Gasteiger partial charge < -0.3 is 23.4 Å². The zero-order valence-corrected chi connectivity index (χ0v) is 25.7. The van der Waals surface area contributed by atoms with Gasteiger partial charge >= 0.3 is 18.6 Å². The van der Waals surface area contributed by atoms with Crippen molar-refractivity contribution in [3.05, 3.63) is 74.9 Å². The first kappa shape index (κ1) is 32.0. The van der Waals surface area contributed by atoms with Gasteiger partial charge in [-0.3, -0.25) is 14.7 Å². The van der Waals surface area contributed by atoms with Gasteiger partial charge in [0.2, 0.25) is 0 Å². The monoisotopic (exact) mass is 652 g/mol. The molecule has 3 heterocycles. The largest absolute Gasteiger partial charge is 0.489 e. The van der Waals surface area contributed by atoms with E-state index in [1.54, 1.807) is 25.1 Å². The molecule has 0 radical (unpaired) electrons. The van der Waals surface area contributed by atoms with Gasteiger partial charge in [-0.15, -0.1) is 0 Å². The molecule has 44 heavy (non-hydrogen) atoms. The lowest BCUT2D eigenvalue weighted by Crippen LogP contribution is -2.37. The Morgan fingerprint density at radius 1 is 1.11 bits per heavy atom. The van der Waals surface area contributed by atoms with E-state index in [1.807, 2.05) is 4.90 Å². The van der Waals surface area contributed by atoms with Crippen LogP contribution in [0.5, 0.6) is 11.5 Å². The smallest absolute Gasteiger partial charge is 0.387 e. The molecule has 5 rings (SSSR count). The summed E-state index contributed by atoms with van der Waals surface area (Å²) < 4.78 is 53.6. The molecule has 0 N–H and O–H groups in total. The number of aryl methyl sites for hydroxylation is 1. The molecule has 2 aliphatic rings. The van der Waals surface area contributed by atoms with Crippen molar-refractivity contribution in [3.63, 3.8) is 0 Å². The highest BCUT2D eigenvalue weighted by atomic mass is 35.5. The molecule has 0 amide bonds. The van der Waals surface area contributed by atoms with Gasteiger partial charge in [0, 0.05) is 18.8 Å². The van der Waals surface area contributed by atoms with Gasteiger partial charge in [-0.25, -0.2) is 4.79 Å². The summed E-state index contributed by atoms with van der Waals surface area (Å²) in [5, 5.41) is 0.581. The summed E-state index contributed by atoms with van der Waals surface area (Å²) in [4.78, 5) is 31.7. The maximum atomic E-state index is 13.7. The minimum Gasteiger partial charge on any atom is -0.489 e. The number of rotatable bonds is 13. The van der Waals surface area contributed by atoms with E-state index < -0.39 is 30.7 Å². The lowest BCUT2D eigenvalue weighted by Gasteiger charge is -2.26. The van der Waals surface area contributed by atoms with Crippen LogP contribution in [0.3, 0.4) is 0 Å². The quantitative estimate of drug-likeness (QED) is 0.181. The lowest BCUT2D eigenvalue weighted by molar-refractivity contribution is -0.155. The summed E-state index contributed by atoms with van der Waals surface area (Å²) in [5.74, 6) is 0.319. The Morgan fingerprint density at radius 3 is 2.55 bits per heavy atom. The number of hydrogen-bond donors (Lipinski definition) is 0. The van der Waals surface area contributed by atoms with Crippen LogP contribution in [0.1, 0.15) is 64.8 Å². The molecule has 3 aromatic rings. The van der Waals surface area contributed by atoms with Crippen LogP contribution < -0.4 is 9.47 Å². The molecular formula is C31H32Cl2F2N2O7. The summed E-state index contributed by atoms with van der Waals surface area (Å²) in [5.41, 5.74) is 1.33. The molecule has 0 spiro atoms. The van der Waals surface area contributed by atoms with E-state index in [-0.39, 0.29) is 24.5 Å². The van der Waals surface area contributed by atoms with Crippen LogP contribution >= 0.6 is 23.2 Å². The molecule has 9 nitrogen and oxygen atoms in total. The van der Waals surface area contributed by atoms with Crippen LogP contribution in [0, 0.1) is 12.8 Å². The van der Waals surface area contributed by atoms with E-state index in [0.717, 1.165) is 19.3 Å². The van der Waals surface area contributed by atoms with Gasteiger partial charge in [0.1, 0.15) is 29.2 Å². The molecule has 2 atom stereocenters. The third-order valence-electron chi connectivity index (χ3n) is 7.70. The van der Waals surface area contributed by atoms with E-state index in [1.165, 1.54) is 25.6 Å². The number of esters is 2. The molecule has 13 heteroatoms. The molecule has 1 aliphatic heterocycles. The van der Waals surface area contributed by atoms with E-state index >= 15 is 0 Å². The van der Waals surface area contributed by atoms with Crippen molar-refractivity contribution in [2.75, 3.05) is 20.3 Å². The second kappa shape index (κ2) is 14.1. The highest BCUT2D eigenvalue weighted by Gasteiger charge is 2.35. The van der Waals surface area contributed by atoms with E-state index in [2.05, 4.69) is 4.98 Å². The standard InChI is InChI=1S/C31H32Cl2F2N2O7/c1-17-21(29(38)40-2)11-20(42-17)15-37-9-3-4-25(37)30(39)43-27(12-22-23(32)13-36-14-24(22)33)19-7-8-26(44-31(34)35)28(10-19)41-16-18-5-6-18/h7-8,10-11,13-14,18,25,27,31H,3-6,9,12,15-16H2,1-2H3/t25?,27-/m0/s1. The van der Waals surface area contributed by atoms with Gasteiger partial charge in [0.15, 0.2) is 11.5 Å². The van der Waals surface area contributed by atoms with Crippen LogP contribution in [0.4, 0.5) is 8.78 Å². The first-order chi connectivity index (χ1) is 21.1. The first-order valence-corrected chi connectivity index (χ1v) is 15.0. The zero-order chi connectivity index (χ0) is 31.4. The van der Waals surface area contributed by atoms with Crippen LogP contribution in [-0.2, 0) is 27.2 Å².